The third-order valence-corrected chi connectivity index (χ3v) is 5.45. The molecule has 0 aliphatic heterocycles. The molecule has 3 aromatic carbocycles. The number of hydrogen-bond donors (Lipinski definition) is 2. The van der Waals surface area contributed by atoms with Gasteiger partial charge in [-0.1, -0.05) is 65.7 Å². The molecule has 1 atom stereocenters. The van der Waals surface area contributed by atoms with Crippen LogP contribution in [0.3, 0.4) is 0 Å². The molecule has 4 rings (SSSR count). The summed E-state index contributed by atoms with van der Waals surface area (Å²) in [5, 5.41) is 12.0. The van der Waals surface area contributed by atoms with Crippen molar-refractivity contribution in [3.05, 3.63) is 100 Å². The Kier molecular flexibility index (Phi) is 7.67. The first-order chi connectivity index (χ1) is 16.5. The number of benzene rings is 3. The van der Waals surface area contributed by atoms with Crippen molar-refractivity contribution in [3.63, 3.8) is 0 Å². The van der Waals surface area contributed by atoms with Gasteiger partial charge in [0, 0.05) is 23.1 Å². The largest absolute Gasteiger partial charge is 0.481 e. The molecule has 1 unspecified atom stereocenters. The van der Waals surface area contributed by atoms with Gasteiger partial charge in [0.25, 0.3) is 5.91 Å². The van der Waals surface area contributed by atoms with Gasteiger partial charge in [0.2, 0.25) is 11.9 Å². The Hall–Kier alpha value is -3.55. The molecule has 2 N–H and O–H groups in total. The summed E-state index contributed by atoms with van der Waals surface area (Å²) in [4.78, 5) is 17.7. The second-order valence-electron chi connectivity index (χ2n) is 7.54. The monoisotopic (exact) mass is 495 g/mol. The third kappa shape index (κ3) is 6.27. The molecule has 1 aromatic heterocycles. The third-order valence-electron chi connectivity index (χ3n) is 4.95. The van der Waals surface area contributed by atoms with E-state index in [1.165, 1.54) is 4.68 Å². The fourth-order valence-corrected chi connectivity index (χ4v) is 3.40. The van der Waals surface area contributed by atoms with Crippen molar-refractivity contribution in [2.75, 3.05) is 10.6 Å². The topological polar surface area (TPSA) is 81.1 Å². The molecular formula is C25H23Cl2N5O2. The maximum atomic E-state index is 13.2. The van der Waals surface area contributed by atoms with Crippen molar-refractivity contribution in [1.29, 1.82) is 0 Å². The summed E-state index contributed by atoms with van der Waals surface area (Å²) in [6.45, 7) is 2.59. The summed E-state index contributed by atoms with van der Waals surface area (Å²) in [6.07, 6.45) is -0.774. The van der Waals surface area contributed by atoms with E-state index < -0.39 is 6.10 Å². The number of hydrogen-bond acceptors (Lipinski definition) is 6. The Labute approximate surface area is 207 Å². The van der Waals surface area contributed by atoms with Gasteiger partial charge >= 0.3 is 0 Å². The van der Waals surface area contributed by atoms with Crippen LogP contribution in [0.5, 0.6) is 5.75 Å². The van der Waals surface area contributed by atoms with E-state index in [9.17, 15) is 4.79 Å². The Morgan fingerprint density at radius 3 is 2.03 bits per heavy atom. The summed E-state index contributed by atoms with van der Waals surface area (Å²) < 4.78 is 7.03. The molecule has 174 valence electrons. The summed E-state index contributed by atoms with van der Waals surface area (Å²) in [5.41, 5.74) is 1.99. The molecule has 4 aromatic rings. The summed E-state index contributed by atoms with van der Waals surface area (Å²) in [7, 11) is 0. The van der Waals surface area contributed by atoms with E-state index in [0.717, 1.165) is 11.1 Å². The van der Waals surface area contributed by atoms with Crippen LogP contribution < -0.4 is 15.4 Å². The Morgan fingerprint density at radius 1 is 0.882 bits per heavy atom. The fourth-order valence-electron chi connectivity index (χ4n) is 3.15. The van der Waals surface area contributed by atoms with E-state index in [4.69, 9.17) is 27.9 Å². The lowest BCUT2D eigenvalue weighted by Gasteiger charge is -2.14. The lowest BCUT2D eigenvalue weighted by molar-refractivity contribution is 0.0713. The lowest BCUT2D eigenvalue weighted by atomic mass is 10.2. The van der Waals surface area contributed by atoms with Crippen molar-refractivity contribution in [3.8, 4) is 5.75 Å². The molecule has 9 heteroatoms. The molecule has 0 aliphatic rings. The van der Waals surface area contributed by atoms with Crippen molar-refractivity contribution < 1.29 is 9.53 Å². The van der Waals surface area contributed by atoms with Crippen LogP contribution in [0.25, 0.3) is 0 Å². The highest BCUT2D eigenvalue weighted by Crippen LogP contribution is 2.17. The van der Waals surface area contributed by atoms with Crippen molar-refractivity contribution in [1.82, 2.24) is 14.8 Å². The number of halogens is 2. The van der Waals surface area contributed by atoms with Crippen LogP contribution in [0.1, 0.15) is 22.8 Å². The summed E-state index contributed by atoms with van der Waals surface area (Å²) in [6, 6.07) is 24.0. The second kappa shape index (κ2) is 11.0. The number of carbonyl (C=O) groups excluding carboxylic acids is 1. The van der Waals surface area contributed by atoms with Crippen LogP contribution in [0, 0.1) is 0 Å². The molecule has 0 bridgehead atoms. The van der Waals surface area contributed by atoms with Gasteiger partial charge in [-0.15, -0.1) is 5.10 Å². The molecule has 0 radical (unpaired) electrons. The van der Waals surface area contributed by atoms with Crippen molar-refractivity contribution >= 4 is 41.0 Å². The van der Waals surface area contributed by atoms with Gasteiger partial charge in [-0.2, -0.15) is 9.67 Å². The molecule has 34 heavy (non-hydrogen) atoms. The summed E-state index contributed by atoms with van der Waals surface area (Å²) in [5.74, 6) is 0.866. The molecular weight excluding hydrogens is 473 g/mol. The van der Waals surface area contributed by atoms with Crippen LogP contribution in [0.15, 0.2) is 78.9 Å². The normalized spacial score (nSPS) is 11.6. The first-order valence-electron chi connectivity index (χ1n) is 10.7. The quantitative estimate of drug-likeness (QED) is 0.300. The van der Waals surface area contributed by atoms with Gasteiger partial charge in [0.15, 0.2) is 6.10 Å². The highest BCUT2D eigenvalue weighted by atomic mass is 35.5. The molecule has 7 nitrogen and oxygen atoms in total. The van der Waals surface area contributed by atoms with Crippen LogP contribution in [0.2, 0.25) is 10.0 Å². The van der Waals surface area contributed by atoms with Crippen LogP contribution in [-0.4, -0.2) is 26.8 Å². The first-order valence-corrected chi connectivity index (χ1v) is 11.4. The standard InChI is InChI=1S/C25H23Cl2N5O2/c1-17(34-22-5-3-2-4-6-22)23(33)32-25(29-16-19-9-13-21(27)14-10-19)30-24(31-32)28-15-18-7-11-20(26)12-8-18/h2-14,17H,15-16H2,1H3,(H2,28,29,30,31). The Balaban J connectivity index is 1.51. The number of ether oxygens (including phenoxy) is 1. The average molecular weight is 496 g/mol. The average Bonchev–Trinajstić information content (AvgIpc) is 3.26. The number of carbonyl (C=O) groups is 1. The van der Waals surface area contributed by atoms with Gasteiger partial charge < -0.3 is 15.4 Å². The van der Waals surface area contributed by atoms with Crippen molar-refractivity contribution in [2.45, 2.75) is 26.1 Å². The number of nitrogens with one attached hydrogen (secondary N) is 2. The smallest absolute Gasteiger partial charge is 0.290 e. The van der Waals surface area contributed by atoms with Gasteiger partial charge in [-0.05, 0) is 54.4 Å². The van der Waals surface area contributed by atoms with E-state index in [-0.39, 0.29) is 5.91 Å². The molecule has 0 amide bonds. The molecule has 1 heterocycles. The van der Waals surface area contributed by atoms with Gasteiger partial charge in [0.1, 0.15) is 5.75 Å². The minimum atomic E-state index is -0.774. The van der Waals surface area contributed by atoms with Gasteiger partial charge in [-0.3, -0.25) is 4.79 Å². The zero-order chi connectivity index (χ0) is 23.9. The lowest BCUT2D eigenvalue weighted by Crippen LogP contribution is -2.31. The van der Waals surface area contributed by atoms with E-state index in [2.05, 4.69) is 20.7 Å². The van der Waals surface area contributed by atoms with Crippen LogP contribution in [-0.2, 0) is 13.1 Å². The minimum Gasteiger partial charge on any atom is -0.481 e. The predicted molar refractivity (Wildman–Crippen MR) is 135 cm³/mol. The maximum Gasteiger partial charge on any atom is 0.290 e. The minimum absolute atomic E-state index is 0.307. The number of aromatic nitrogens is 3. The maximum absolute atomic E-state index is 13.2. The van der Waals surface area contributed by atoms with E-state index in [1.54, 1.807) is 19.1 Å². The second-order valence-corrected chi connectivity index (χ2v) is 8.42. The number of anilines is 2. The molecule has 0 fully saturated rings. The van der Waals surface area contributed by atoms with E-state index >= 15 is 0 Å². The van der Waals surface area contributed by atoms with Gasteiger partial charge in [0.05, 0.1) is 0 Å². The SMILES string of the molecule is CC(Oc1ccccc1)C(=O)n1nc(NCc2ccc(Cl)cc2)nc1NCc1ccc(Cl)cc1. The Morgan fingerprint density at radius 2 is 1.44 bits per heavy atom. The number of nitrogens with zero attached hydrogens (tertiary/aromatic N) is 3. The van der Waals surface area contributed by atoms with Gasteiger partial charge in [-0.25, -0.2) is 0 Å². The molecule has 0 aliphatic carbocycles. The fraction of sp³-hybridized carbons (Fsp3) is 0.160. The first kappa shape index (κ1) is 23.6. The van der Waals surface area contributed by atoms with E-state index in [1.807, 2.05) is 66.7 Å². The zero-order valence-electron chi connectivity index (χ0n) is 18.4. The molecule has 0 saturated heterocycles. The number of para-hydroxylation sites is 1. The zero-order valence-corrected chi connectivity index (χ0v) is 19.9. The van der Waals surface area contributed by atoms with Crippen molar-refractivity contribution in [2.24, 2.45) is 0 Å². The summed E-state index contributed by atoms with van der Waals surface area (Å²) >= 11 is 11.9. The highest BCUT2D eigenvalue weighted by molar-refractivity contribution is 6.30. The Bertz CT molecular complexity index is 1230. The molecule has 0 spiro atoms. The highest BCUT2D eigenvalue weighted by Gasteiger charge is 2.23. The molecule has 0 saturated carbocycles. The van der Waals surface area contributed by atoms with Crippen LogP contribution >= 0.6 is 23.2 Å². The number of rotatable bonds is 9. The van der Waals surface area contributed by atoms with E-state index in [0.29, 0.717) is 40.8 Å². The van der Waals surface area contributed by atoms with Crippen LogP contribution in [0.4, 0.5) is 11.9 Å². The predicted octanol–water partition coefficient (Wildman–Crippen LogP) is 5.92.